The molecule has 7 heteroatoms. The molecule has 0 spiro atoms. The van der Waals surface area contributed by atoms with Crippen LogP contribution in [0.25, 0.3) is 0 Å². The first-order valence-electron chi connectivity index (χ1n) is 8.19. The third kappa shape index (κ3) is 2.93. The van der Waals surface area contributed by atoms with Crippen molar-refractivity contribution in [2.24, 2.45) is 5.92 Å². The Kier molecular flexibility index (Phi) is 4.56. The number of nitrogens with zero attached hydrogens (tertiary/aromatic N) is 2. The minimum absolute atomic E-state index is 0.141. The van der Waals surface area contributed by atoms with E-state index < -0.39 is 0 Å². The maximum atomic E-state index is 12.8. The molecule has 2 aliphatic heterocycles. The lowest BCUT2D eigenvalue weighted by atomic mass is 10.1. The van der Waals surface area contributed by atoms with Gasteiger partial charge >= 0.3 is 0 Å². The van der Waals surface area contributed by atoms with Gasteiger partial charge in [0.25, 0.3) is 5.91 Å². The zero-order chi connectivity index (χ0) is 16.4. The molecule has 0 aliphatic carbocycles. The predicted octanol–water partition coefficient (Wildman–Crippen LogP) is 1.02. The lowest BCUT2D eigenvalue weighted by Gasteiger charge is -2.41. The first kappa shape index (κ1) is 15.9. The van der Waals surface area contributed by atoms with Gasteiger partial charge in [-0.15, -0.1) is 0 Å². The van der Waals surface area contributed by atoms with Crippen molar-refractivity contribution in [3.63, 3.8) is 0 Å². The number of rotatable bonds is 5. The van der Waals surface area contributed by atoms with Crippen molar-refractivity contribution in [2.45, 2.75) is 32.9 Å². The summed E-state index contributed by atoms with van der Waals surface area (Å²) in [6.07, 6.45) is 3.32. The summed E-state index contributed by atoms with van der Waals surface area (Å²) in [5.41, 5.74) is 3.21. The summed E-state index contributed by atoms with van der Waals surface area (Å²) < 4.78 is 12.8. The Bertz CT molecular complexity index is 639. The van der Waals surface area contributed by atoms with Crippen molar-refractivity contribution in [1.82, 2.24) is 9.58 Å². The molecule has 2 aliphatic rings. The number of carbonyl (C=O) groups excluding carboxylic acids is 1. The minimum atomic E-state index is -0.260. The second kappa shape index (κ2) is 6.62. The van der Waals surface area contributed by atoms with Gasteiger partial charge in [-0.25, -0.2) is 0 Å². The molecule has 1 aromatic rings. The SMILES string of the molecule is CCC(CC)COc1c2n(ccc1=O)N[C@@H]1COCCN1C2=O. The van der Waals surface area contributed by atoms with E-state index in [0.717, 1.165) is 12.8 Å². The topological polar surface area (TPSA) is 72.8 Å². The van der Waals surface area contributed by atoms with Crippen molar-refractivity contribution in [3.05, 3.63) is 28.2 Å². The number of hydrogen-bond acceptors (Lipinski definition) is 5. The van der Waals surface area contributed by atoms with Gasteiger partial charge in [0.05, 0.1) is 19.8 Å². The Morgan fingerprint density at radius 1 is 1.39 bits per heavy atom. The van der Waals surface area contributed by atoms with E-state index in [9.17, 15) is 9.59 Å². The van der Waals surface area contributed by atoms with Gasteiger partial charge in [-0.3, -0.25) is 14.3 Å². The number of nitrogens with one attached hydrogen (secondary N) is 1. The molecule has 7 nitrogen and oxygen atoms in total. The molecule has 0 aromatic carbocycles. The quantitative estimate of drug-likeness (QED) is 0.876. The van der Waals surface area contributed by atoms with Crippen LogP contribution in [0, 0.1) is 5.92 Å². The maximum absolute atomic E-state index is 12.8. The van der Waals surface area contributed by atoms with Crippen LogP contribution in [0.4, 0.5) is 0 Å². The molecule has 1 aromatic heterocycles. The van der Waals surface area contributed by atoms with Gasteiger partial charge < -0.3 is 19.8 Å². The van der Waals surface area contributed by atoms with Gasteiger partial charge in [0.15, 0.2) is 11.4 Å². The first-order valence-corrected chi connectivity index (χ1v) is 8.19. The summed E-state index contributed by atoms with van der Waals surface area (Å²) in [6.45, 7) is 6.07. The third-order valence-electron chi connectivity index (χ3n) is 4.55. The number of pyridine rings is 1. The normalized spacial score (nSPS) is 20.0. The van der Waals surface area contributed by atoms with Gasteiger partial charge in [0.2, 0.25) is 5.43 Å². The molecule has 1 atom stereocenters. The fraction of sp³-hybridized carbons (Fsp3) is 0.625. The van der Waals surface area contributed by atoms with Crippen LogP contribution in [0.5, 0.6) is 5.75 Å². The van der Waals surface area contributed by atoms with E-state index in [2.05, 4.69) is 19.3 Å². The highest BCUT2D eigenvalue weighted by molar-refractivity contribution is 5.96. The van der Waals surface area contributed by atoms with Crippen molar-refractivity contribution in [3.8, 4) is 5.75 Å². The highest BCUT2D eigenvalue weighted by Gasteiger charge is 2.36. The molecular formula is C16H23N3O4. The summed E-state index contributed by atoms with van der Waals surface area (Å²) in [5.74, 6) is 0.328. The summed E-state index contributed by atoms with van der Waals surface area (Å²) in [5, 5.41) is 0. The number of fused-ring (bicyclic) bond motifs is 2. The molecule has 126 valence electrons. The van der Waals surface area contributed by atoms with E-state index >= 15 is 0 Å². The van der Waals surface area contributed by atoms with Crippen LogP contribution < -0.4 is 15.6 Å². The predicted molar refractivity (Wildman–Crippen MR) is 85.3 cm³/mol. The van der Waals surface area contributed by atoms with Gasteiger partial charge in [-0.05, 0) is 5.92 Å². The average molecular weight is 321 g/mol. The fourth-order valence-electron chi connectivity index (χ4n) is 2.94. The molecule has 1 N–H and O–H groups in total. The number of carbonyl (C=O) groups is 1. The molecular weight excluding hydrogens is 298 g/mol. The molecule has 3 heterocycles. The third-order valence-corrected chi connectivity index (χ3v) is 4.55. The zero-order valence-electron chi connectivity index (χ0n) is 13.6. The number of hydrogen-bond donors (Lipinski definition) is 1. The lowest BCUT2D eigenvalue weighted by molar-refractivity contribution is -0.00329. The Morgan fingerprint density at radius 3 is 2.91 bits per heavy atom. The van der Waals surface area contributed by atoms with E-state index in [-0.39, 0.29) is 28.9 Å². The zero-order valence-corrected chi connectivity index (χ0v) is 13.6. The number of amides is 1. The smallest absolute Gasteiger partial charge is 0.278 e. The summed E-state index contributed by atoms with van der Waals surface area (Å²) in [7, 11) is 0. The molecule has 0 unspecified atom stereocenters. The van der Waals surface area contributed by atoms with Crippen LogP contribution >= 0.6 is 0 Å². The van der Waals surface area contributed by atoms with E-state index in [1.54, 1.807) is 15.8 Å². The maximum Gasteiger partial charge on any atom is 0.278 e. The number of ether oxygens (including phenoxy) is 2. The van der Waals surface area contributed by atoms with Crippen LogP contribution in [-0.4, -0.2) is 48.0 Å². The fourth-order valence-corrected chi connectivity index (χ4v) is 2.94. The molecule has 23 heavy (non-hydrogen) atoms. The van der Waals surface area contributed by atoms with E-state index in [1.807, 2.05) is 0 Å². The Balaban J connectivity index is 1.92. The van der Waals surface area contributed by atoms with Gasteiger partial charge in [-0.2, -0.15) is 0 Å². The Morgan fingerprint density at radius 2 is 2.17 bits per heavy atom. The molecule has 1 amide bonds. The van der Waals surface area contributed by atoms with Crippen molar-refractivity contribution in [1.29, 1.82) is 0 Å². The summed E-state index contributed by atoms with van der Waals surface area (Å²) in [4.78, 5) is 26.7. The lowest BCUT2D eigenvalue weighted by Crippen LogP contribution is -2.59. The van der Waals surface area contributed by atoms with Crippen molar-refractivity contribution < 1.29 is 14.3 Å². The Labute approximate surface area is 135 Å². The largest absolute Gasteiger partial charge is 0.487 e. The second-order valence-corrected chi connectivity index (χ2v) is 5.94. The Hall–Kier alpha value is -2.02. The molecule has 0 bridgehead atoms. The molecule has 1 fully saturated rings. The summed E-state index contributed by atoms with van der Waals surface area (Å²) >= 11 is 0. The van der Waals surface area contributed by atoms with Crippen LogP contribution in [0.1, 0.15) is 37.2 Å². The van der Waals surface area contributed by atoms with E-state index in [0.29, 0.717) is 32.3 Å². The average Bonchev–Trinajstić information content (AvgIpc) is 2.58. The van der Waals surface area contributed by atoms with Crippen molar-refractivity contribution in [2.75, 3.05) is 31.8 Å². The number of aromatic nitrogens is 1. The van der Waals surface area contributed by atoms with E-state index in [4.69, 9.17) is 9.47 Å². The van der Waals surface area contributed by atoms with Crippen LogP contribution in [0.3, 0.4) is 0 Å². The van der Waals surface area contributed by atoms with Crippen LogP contribution in [-0.2, 0) is 4.74 Å². The van der Waals surface area contributed by atoms with Gasteiger partial charge in [-0.1, -0.05) is 26.7 Å². The first-order chi connectivity index (χ1) is 11.2. The highest BCUT2D eigenvalue weighted by Crippen LogP contribution is 2.23. The van der Waals surface area contributed by atoms with Gasteiger partial charge in [0.1, 0.15) is 6.17 Å². The minimum Gasteiger partial charge on any atom is -0.487 e. The molecule has 0 radical (unpaired) electrons. The van der Waals surface area contributed by atoms with Gasteiger partial charge in [0, 0.05) is 18.8 Å². The second-order valence-electron chi connectivity index (χ2n) is 5.94. The standard InChI is InChI=1S/C16H23N3O4/c1-3-11(4-2)9-23-15-12(20)5-6-19-14(15)16(21)18-7-8-22-10-13(18)17-19/h5-6,11,13,17H,3-4,7-10H2,1-2H3/t13-/m0/s1. The monoisotopic (exact) mass is 321 g/mol. The summed E-state index contributed by atoms with van der Waals surface area (Å²) in [6, 6.07) is 1.42. The molecule has 3 rings (SSSR count). The van der Waals surface area contributed by atoms with Crippen LogP contribution in [0.15, 0.2) is 17.1 Å². The highest BCUT2D eigenvalue weighted by atomic mass is 16.5. The molecule has 1 saturated heterocycles. The van der Waals surface area contributed by atoms with Crippen LogP contribution in [0.2, 0.25) is 0 Å². The number of morpholine rings is 1. The molecule has 0 saturated carbocycles. The van der Waals surface area contributed by atoms with E-state index in [1.165, 1.54) is 6.07 Å². The van der Waals surface area contributed by atoms with Crippen molar-refractivity contribution >= 4 is 5.91 Å².